The quantitative estimate of drug-likeness (QED) is 0.0655. The van der Waals surface area contributed by atoms with Gasteiger partial charge in [-0.1, -0.05) is 37.6 Å². The zero-order chi connectivity index (χ0) is 46.9. The molecule has 0 saturated heterocycles. The van der Waals surface area contributed by atoms with Crippen LogP contribution in [-0.2, 0) is 12.8 Å². The van der Waals surface area contributed by atoms with Gasteiger partial charge in [-0.25, -0.2) is 38.4 Å². The molecule has 2 aromatic carbocycles. The zero-order valence-electron chi connectivity index (χ0n) is 36.3. The molecule has 5 N–H and O–H groups in total. The van der Waals surface area contributed by atoms with Gasteiger partial charge in [-0.15, -0.1) is 0 Å². The molecular weight excluding hydrogens is 850 g/mol. The Morgan fingerprint density at radius 1 is 0.631 bits per heavy atom. The summed E-state index contributed by atoms with van der Waals surface area (Å²) in [4.78, 5) is 48.2. The van der Waals surface area contributed by atoms with Gasteiger partial charge in [0.15, 0.2) is 45.3 Å². The number of nitrogens with one attached hydrogen (secondary N) is 3. The van der Waals surface area contributed by atoms with E-state index in [-0.39, 0.29) is 27.6 Å². The third-order valence-corrected chi connectivity index (χ3v) is 10.3. The van der Waals surface area contributed by atoms with E-state index in [1.54, 1.807) is 48.8 Å². The smallest absolute Gasteiger partial charge is 0.258 e. The molecule has 0 atom stereocenters. The fraction of sp³-hybridized carbons (Fsp3) is 0.167. The molecule has 0 spiro atoms. The number of benzene rings is 2. The van der Waals surface area contributed by atoms with Gasteiger partial charge < -0.3 is 21.7 Å². The van der Waals surface area contributed by atoms with Crippen molar-refractivity contribution in [1.29, 1.82) is 0 Å². The molecule has 0 saturated carbocycles. The van der Waals surface area contributed by atoms with Gasteiger partial charge in [0, 0.05) is 71.8 Å². The number of halogens is 3. The molecule has 0 amide bonds. The van der Waals surface area contributed by atoms with Gasteiger partial charge in [0.2, 0.25) is 0 Å². The molecule has 0 unspecified atom stereocenters. The monoisotopic (exact) mass is 892 g/mol. The maximum absolute atomic E-state index is 14.8. The molecule has 0 bridgehead atoms. The van der Waals surface area contributed by atoms with Crippen LogP contribution < -0.4 is 32.8 Å². The van der Waals surface area contributed by atoms with E-state index in [1.165, 1.54) is 45.5 Å². The highest BCUT2D eigenvalue weighted by Crippen LogP contribution is 2.32. The fourth-order valence-electron chi connectivity index (χ4n) is 6.49. The van der Waals surface area contributed by atoms with E-state index < -0.39 is 11.6 Å². The Balaban J connectivity index is 0.000000184. The highest BCUT2D eigenvalue weighted by molar-refractivity contribution is 6.32. The predicted molar refractivity (Wildman–Crippen MR) is 254 cm³/mol. The van der Waals surface area contributed by atoms with Crippen LogP contribution >= 0.6 is 11.6 Å². The Morgan fingerprint density at radius 2 is 1.12 bits per heavy atom. The van der Waals surface area contributed by atoms with Crippen LogP contribution in [0.1, 0.15) is 47.5 Å². The lowest BCUT2D eigenvalue weighted by Gasteiger charge is -2.16. The van der Waals surface area contributed by atoms with E-state index in [0.29, 0.717) is 69.9 Å². The Kier molecular flexibility index (Phi) is 14.5. The molecule has 6 aromatic heterocycles. The van der Waals surface area contributed by atoms with Crippen molar-refractivity contribution < 1.29 is 8.78 Å². The van der Waals surface area contributed by atoms with Crippen molar-refractivity contribution in [2.75, 3.05) is 21.7 Å². The Morgan fingerprint density at radius 3 is 1.62 bits per heavy atom. The first-order chi connectivity index (χ1) is 31.1. The van der Waals surface area contributed by atoms with Crippen LogP contribution in [0.5, 0.6) is 0 Å². The number of nitrogens with two attached hydrogens (primary N) is 1. The molecule has 17 heteroatoms. The Hall–Kier alpha value is -8.21. The molecule has 0 aliphatic carbocycles. The largest absolute Gasteiger partial charge is 0.399 e. The Bertz CT molecular complexity index is 3280. The molecule has 0 radical (unpaired) electrons. The molecule has 8 aromatic rings. The van der Waals surface area contributed by atoms with E-state index >= 15 is 0 Å². The number of anilines is 7. The van der Waals surface area contributed by atoms with Gasteiger partial charge in [0.05, 0.1) is 35.9 Å². The predicted octanol–water partition coefficient (Wildman–Crippen LogP) is 11.1. The first-order valence-electron chi connectivity index (χ1n) is 20.2. The van der Waals surface area contributed by atoms with E-state index in [0.717, 1.165) is 27.9 Å². The van der Waals surface area contributed by atoms with Crippen LogP contribution in [-0.4, -0.2) is 28.7 Å². The third kappa shape index (κ3) is 10.9. The number of hydrogen-bond donors (Lipinski definition) is 4. The number of hydrogen-bond acceptors (Lipinski definition) is 10. The fourth-order valence-corrected chi connectivity index (χ4v) is 6.74. The lowest BCUT2D eigenvalue weighted by Crippen LogP contribution is -2.17. The lowest BCUT2D eigenvalue weighted by molar-refractivity contribution is 0.626. The van der Waals surface area contributed by atoms with Crippen molar-refractivity contribution in [2.24, 2.45) is 0 Å². The summed E-state index contributed by atoms with van der Waals surface area (Å²) in [5, 5.41) is 9.72. The minimum atomic E-state index is -0.594. The number of nitrogens with zero attached hydrogens (tertiary/aromatic N) is 8. The number of pyridine rings is 4. The van der Waals surface area contributed by atoms with Crippen LogP contribution in [0.4, 0.5) is 60.1 Å². The molecule has 0 aliphatic rings. The second kappa shape index (κ2) is 20.3. The average Bonchev–Trinajstić information content (AvgIpc) is 3.27. The van der Waals surface area contributed by atoms with E-state index in [9.17, 15) is 18.4 Å². The summed E-state index contributed by atoms with van der Waals surface area (Å²) in [7, 11) is 0. The number of nitrogen functional groups attached to an aromatic ring is 1. The topological polar surface area (TPSA) is 165 Å². The van der Waals surface area contributed by atoms with Crippen molar-refractivity contribution >= 4 is 74.2 Å². The maximum Gasteiger partial charge on any atom is 0.258 e. The third-order valence-electron chi connectivity index (χ3n) is 10.00. The van der Waals surface area contributed by atoms with Crippen molar-refractivity contribution in [3.63, 3.8) is 0 Å². The van der Waals surface area contributed by atoms with Crippen molar-refractivity contribution in [3.05, 3.63) is 192 Å². The molecular formula is C48H43ClF2N12O2. The molecule has 328 valence electrons. The van der Waals surface area contributed by atoms with Crippen molar-refractivity contribution in [2.45, 2.75) is 54.4 Å². The summed E-state index contributed by atoms with van der Waals surface area (Å²) in [6.45, 7) is 25.2. The second-order valence-electron chi connectivity index (χ2n) is 14.7. The number of aryl methyl sites for hydroxylation is 6. The summed E-state index contributed by atoms with van der Waals surface area (Å²) >= 11 is 6.06. The first kappa shape index (κ1) is 46.3. The summed E-state index contributed by atoms with van der Waals surface area (Å²) in [5.41, 5.74) is 14.2. The van der Waals surface area contributed by atoms with Crippen LogP contribution in [0.3, 0.4) is 0 Å². The zero-order valence-corrected chi connectivity index (χ0v) is 37.0. The highest BCUT2D eigenvalue weighted by atomic mass is 35.5. The number of rotatable bonds is 8. The van der Waals surface area contributed by atoms with E-state index in [1.807, 2.05) is 53.7 Å². The summed E-state index contributed by atoms with van der Waals surface area (Å²) in [6, 6.07) is 19.7. The highest BCUT2D eigenvalue weighted by Gasteiger charge is 2.14. The summed E-state index contributed by atoms with van der Waals surface area (Å²) < 4.78 is 31.5. The lowest BCUT2D eigenvalue weighted by atomic mass is 10.1. The van der Waals surface area contributed by atoms with Crippen LogP contribution in [0.2, 0.25) is 5.15 Å². The molecule has 0 aliphatic heterocycles. The van der Waals surface area contributed by atoms with Crippen LogP contribution in [0.15, 0.2) is 107 Å². The first-order valence-corrected chi connectivity index (χ1v) is 20.5. The number of aromatic nitrogens is 6. The number of fused-ring (bicyclic) bond motifs is 2. The van der Waals surface area contributed by atoms with Gasteiger partial charge in [-0.05, 0) is 99.2 Å². The molecule has 6 heterocycles. The Labute approximate surface area is 378 Å². The minimum absolute atomic E-state index is 0.00321. The standard InChI is InChI=1S/C24H21FN6O.C16H14ClFN4O.C8H8N2/c1-5-16-12-21(32)31-13-18(11-19(25)24(31)30-16)28-22-14(2)8-9-27-23(22)29-17-6-7-20(26-4)15(3)10-17;1-3-10-7-13(23)22-8-11(6-12(18)16(22)21-10)20-14-9(2)4-5-19-15(14)17;1-6-5-7(9)3-4-8(6)10-2/h6-13,28H,5H2,1-3H3,(H,27,29);4-8,20H,3H2,1-2H3;3-5H,9H2,1H3. The van der Waals surface area contributed by atoms with E-state index in [2.05, 4.69) is 45.6 Å². The van der Waals surface area contributed by atoms with Gasteiger partial charge in [0.1, 0.15) is 0 Å². The average molecular weight is 893 g/mol. The molecule has 65 heavy (non-hydrogen) atoms. The van der Waals surface area contributed by atoms with Gasteiger partial charge >= 0.3 is 0 Å². The second-order valence-corrected chi connectivity index (χ2v) is 15.1. The molecule has 14 nitrogen and oxygen atoms in total. The van der Waals surface area contributed by atoms with Gasteiger partial charge in [0.25, 0.3) is 11.1 Å². The van der Waals surface area contributed by atoms with Crippen molar-refractivity contribution in [3.8, 4) is 0 Å². The van der Waals surface area contributed by atoms with Gasteiger partial charge in [-0.3, -0.25) is 18.4 Å². The SMILES string of the molecule is CCc1cc(=O)n2cc(Nc3c(C)ccnc3Cl)cc(F)c2n1.[C-]#[N+]c1ccc(N)cc1C.[C-]#[N+]c1ccc(Nc2nccc(C)c2Nc2cc(F)c3nc(CC)cc(=O)n3c2)cc1C. The minimum Gasteiger partial charge on any atom is -0.399 e. The van der Waals surface area contributed by atoms with Crippen molar-refractivity contribution in [1.82, 2.24) is 28.7 Å². The molecule has 8 rings (SSSR count). The maximum atomic E-state index is 14.8. The van der Waals surface area contributed by atoms with Gasteiger partial charge in [-0.2, -0.15) is 0 Å². The van der Waals surface area contributed by atoms with Crippen LogP contribution in [0, 0.1) is 52.5 Å². The summed E-state index contributed by atoms with van der Waals surface area (Å²) in [5.74, 6) is -0.642. The van der Waals surface area contributed by atoms with Crippen LogP contribution in [0.25, 0.3) is 21.0 Å². The summed E-state index contributed by atoms with van der Waals surface area (Å²) in [6.07, 6.45) is 7.39. The molecule has 0 fully saturated rings. The normalized spacial score (nSPS) is 10.5. The van der Waals surface area contributed by atoms with E-state index in [4.69, 9.17) is 30.5 Å².